The van der Waals surface area contributed by atoms with Crippen LogP contribution in [0, 0.1) is 24.7 Å². The Kier molecular flexibility index (Phi) is 15.3. The summed E-state index contributed by atoms with van der Waals surface area (Å²) in [6.07, 6.45) is 4.29. The molecule has 11 nitrogen and oxygen atoms in total. The standard InChI is InChI=1S/C27H36N4O4.C7H8O3S/c1-19(2)17-24(23(26(33)30-35)16-10-15-21-11-6-4-7-12-21)25(32)29-31(27(34)20(3)28)18-22-13-8-5-9-14-22;1-6-2-4-7(5-3-6)11(8,9)10/h4-15,19-20,23-24,35H,16-18,28H2,1-3H3,(H,29,32)(H,30,33);2-5H,1H3,(H,8,9,10)/t20-,23+,24-;/m1./s1. The highest BCUT2D eigenvalue weighted by Gasteiger charge is 2.35. The van der Waals surface area contributed by atoms with Crippen LogP contribution >= 0.6 is 0 Å². The summed E-state index contributed by atoms with van der Waals surface area (Å²) in [5.74, 6) is -3.13. The summed E-state index contributed by atoms with van der Waals surface area (Å²) in [7, 11) is -4.02. The van der Waals surface area contributed by atoms with Crippen LogP contribution in [-0.4, -0.2) is 47.0 Å². The number of nitrogens with two attached hydrogens (primary N) is 1. The highest BCUT2D eigenvalue weighted by molar-refractivity contribution is 7.85. The van der Waals surface area contributed by atoms with Crippen LogP contribution in [0.5, 0.6) is 0 Å². The van der Waals surface area contributed by atoms with E-state index in [1.165, 1.54) is 17.1 Å². The molecule has 0 unspecified atom stereocenters. The van der Waals surface area contributed by atoms with Crippen molar-refractivity contribution >= 4 is 33.9 Å². The molecule has 0 heterocycles. The lowest BCUT2D eigenvalue weighted by Gasteiger charge is -2.30. The lowest BCUT2D eigenvalue weighted by atomic mass is 9.82. The summed E-state index contributed by atoms with van der Waals surface area (Å²) in [6.45, 7) is 7.42. The normalized spacial score (nSPS) is 13.2. The summed E-state index contributed by atoms with van der Waals surface area (Å²) < 4.78 is 29.6. The second kappa shape index (κ2) is 18.6. The summed E-state index contributed by atoms with van der Waals surface area (Å²) >= 11 is 0. The number of allylic oxidation sites excluding steroid dienone is 1. The molecule has 0 radical (unpaired) electrons. The topological polar surface area (TPSA) is 179 Å². The molecule has 0 bridgehead atoms. The first kappa shape index (κ1) is 37.8. The molecule has 0 aliphatic heterocycles. The molecule has 0 spiro atoms. The molecule has 0 aromatic heterocycles. The molecule has 0 fully saturated rings. The maximum atomic E-state index is 13.5. The molecular formula is C34H44N4O7S. The number of nitrogens with one attached hydrogen (secondary N) is 2. The van der Waals surface area contributed by atoms with E-state index in [-0.39, 0.29) is 23.8 Å². The fourth-order valence-corrected chi connectivity index (χ4v) is 5.00. The largest absolute Gasteiger partial charge is 0.320 e. The fourth-order valence-electron chi connectivity index (χ4n) is 4.52. The number of hydrazine groups is 1. The van der Waals surface area contributed by atoms with Crippen molar-refractivity contribution in [2.45, 2.75) is 58.0 Å². The minimum Gasteiger partial charge on any atom is -0.320 e. The molecule has 248 valence electrons. The van der Waals surface area contributed by atoms with Crippen LogP contribution in [0.15, 0.2) is 95.9 Å². The van der Waals surface area contributed by atoms with Gasteiger partial charge < -0.3 is 5.73 Å². The Morgan fingerprint density at radius 3 is 1.93 bits per heavy atom. The average Bonchev–Trinajstić information content (AvgIpc) is 3.02. The van der Waals surface area contributed by atoms with Gasteiger partial charge in [0.1, 0.15) is 0 Å². The molecule has 3 atom stereocenters. The maximum absolute atomic E-state index is 13.5. The van der Waals surface area contributed by atoms with E-state index in [0.29, 0.717) is 6.42 Å². The Balaban J connectivity index is 0.000000562. The number of hydrogen-bond acceptors (Lipinski definition) is 7. The fraction of sp³-hybridized carbons (Fsp3) is 0.324. The van der Waals surface area contributed by atoms with Gasteiger partial charge in [-0.2, -0.15) is 8.42 Å². The minimum atomic E-state index is -4.02. The highest BCUT2D eigenvalue weighted by atomic mass is 32.2. The predicted molar refractivity (Wildman–Crippen MR) is 176 cm³/mol. The number of hydroxylamine groups is 1. The second-order valence-corrected chi connectivity index (χ2v) is 12.8. The molecule has 0 aliphatic carbocycles. The number of aryl methyl sites for hydroxylation is 1. The van der Waals surface area contributed by atoms with Crippen molar-refractivity contribution in [2.75, 3.05) is 0 Å². The third kappa shape index (κ3) is 12.9. The van der Waals surface area contributed by atoms with Crippen molar-refractivity contribution in [3.63, 3.8) is 0 Å². The van der Waals surface area contributed by atoms with Gasteiger partial charge in [0.2, 0.25) is 11.8 Å². The van der Waals surface area contributed by atoms with Gasteiger partial charge in [-0.25, -0.2) is 10.5 Å². The van der Waals surface area contributed by atoms with Crippen LogP contribution in [0.2, 0.25) is 0 Å². The van der Waals surface area contributed by atoms with Crippen molar-refractivity contribution in [3.8, 4) is 0 Å². The quantitative estimate of drug-likeness (QED) is 0.108. The number of nitrogens with zero attached hydrogens (tertiary/aromatic N) is 1. The Morgan fingerprint density at radius 1 is 0.870 bits per heavy atom. The second-order valence-electron chi connectivity index (χ2n) is 11.3. The monoisotopic (exact) mass is 652 g/mol. The van der Waals surface area contributed by atoms with Gasteiger partial charge in [-0.3, -0.25) is 29.6 Å². The van der Waals surface area contributed by atoms with Gasteiger partial charge in [0, 0.05) is 0 Å². The van der Waals surface area contributed by atoms with Crippen LogP contribution in [0.4, 0.5) is 0 Å². The Bertz CT molecular complexity index is 1530. The number of hydrogen-bond donors (Lipinski definition) is 5. The van der Waals surface area contributed by atoms with E-state index in [1.807, 2.05) is 93.6 Å². The third-order valence-electron chi connectivity index (χ3n) is 6.90. The van der Waals surface area contributed by atoms with E-state index in [4.69, 9.17) is 10.3 Å². The highest BCUT2D eigenvalue weighted by Crippen LogP contribution is 2.26. The van der Waals surface area contributed by atoms with Gasteiger partial charge in [0.05, 0.1) is 29.3 Å². The number of benzene rings is 3. The van der Waals surface area contributed by atoms with Gasteiger partial charge in [-0.1, -0.05) is 104 Å². The number of carbonyl (C=O) groups is 3. The Labute approximate surface area is 271 Å². The molecule has 3 aromatic carbocycles. The smallest absolute Gasteiger partial charge is 0.294 e. The van der Waals surface area contributed by atoms with Crippen molar-refractivity contribution in [3.05, 3.63) is 108 Å². The predicted octanol–water partition coefficient (Wildman–Crippen LogP) is 4.52. The van der Waals surface area contributed by atoms with Gasteiger partial charge in [-0.05, 0) is 55.9 Å². The van der Waals surface area contributed by atoms with Crippen LogP contribution in [-0.2, 0) is 31.0 Å². The van der Waals surface area contributed by atoms with Gasteiger partial charge in [-0.15, -0.1) is 0 Å². The maximum Gasteiger partial charge on any atom is 0.294 e. The first-order chi connectivity index (χ1) is 21.7. The zero-order chi connectivity index (χ0) is 34.3. The molecule has 12 heteroatoms. The van der Waals surface area contributed by atoms with E-state index in [9.17, 15) is 28.0 Å². The van der Waals surface area contributed by atoms with Gasteiger partial charge in [0.25, 0.3) is 16.0 Å². The van der Waals surface area contributed by atoms with Crippen molar-refractivity contribution in [1.82, 2.24) is 15.9 Å². The van der Waals surface area contributed by atoms with Crippen LogP contribution in [0.1, 0.15) is 50.3 Å². The van der Waals surface area contributed by atoms with E-state index < -0.39 is 45.7 Å². The number of rotatable bonds is 12. The third-order valence-corrected chi connectivity index (χ3v) is 7.77. The zero-order valence-electron chi connectivity index (χ0n) is 26.5. The van der Waals surface area contributed by atoms with E-state index in [1.54, 1.807) is 24.5 Å². The molecule has 0 aliphatic rings. The summed E-state index contributed by atoms with van der Waals surface area (Å²) in [6, 6.07) is 24.0. The first-order valence-corrected chi connectivity index (χ1v) is 16.3. The number of amides is 3. The number of carbonyl (C=O) groups excluding carboxylic acids is 3. The van der Waals surface area contributed by atoms with Crippen LogP contribution in [0.3, 0.4) is 0 Å². The Morgan fingerprint density at radius 2 is 1.43 bits per heavy atom. The van der Waals surface area contributed by atoms with E-state index in [2.05, 4.69) is 5.43 Å². The van der Waals surface area contributed by atoms with Gasteiger partial charge >= 0.3 is 0 Å². The van der Waals surface area contributed by atoms with E-state index >= 15 is 0 Å². The summed E-state index contributed by atoms with van der Waals surface area (Å²) in [5, 5.41) is 10.6. The molecule has 6 N–H and O–H groups in total. The summed E-state index contributed by atoms with van der Waals surface area (Å²) in [4.78, 5) is 38.8. The van der Waals surface area contributed by atoms with Gasteiger partial charge in [0.15, 0.2) is 0 Å². The van der Waals surface area contributed by atoms with Crippen molar-refractivity contribution in [2.24, 2.45) is 23.5 Å². The average molecular weight is 653 g/mol. The zero-order valence-corrected chi connectivity index (χ0v) is 27.4. The molecule has 3 amide bonds. The van der Waals surface area contributed by atoms with E-state index in [0.717, 1.165) is 16.7 Å². The molecule has 46 heavy (non-hydrogen) atoms. The molecule has 3 rings (SSSR count). The first-order valence-electron chi connectivity index (χ1n) is 14.8. The Hall–Kier alpha value is -4.36. The molecule has 0 saturated carbocycles. The minimum absolute atomic E-state index is 0.0666. The lowest BCUT2D eigenvalue weighted by molar-refractivity contribution is -0.148. The molecule has 3 aromatic rings. The van der Waals surface area contributed by atoms with Crippen LogP contribution < -0.4 is 16.6 Å². The van der Waals surface area contributed by atoms with Crippen molar-refractivity contribution in [1.29, 1.82) is 0 Å². The lowest BCUT2D eigenvalue weighted by Crippen LogP contribution is -2.54. The summed E-state index contributed by atoms with van der Waals surface area (Å²) in [5.41, 5.74) is 13.0. The SMILES string of the molecule is CC(C)C[C@@H](C(=O)NN(Cc1ccccc1)C(=O)[C@@H](C)N)[C@H](CC=Cc1ccccc1)C(=O)NO.Cc1ccc(S(=O)(=O)O)cc1. The van der Waals surface area contributed by atoms with Crippen LogP contribution in [0.25, 0.3) is 6.08 Å². The molecule has 0 saturated heterocycles. The van der Waals surface area contributed by atoms with Crippen molar-refractivity contribution < 1.29 is 32.6 Å². The molecular weight excluding hydrogens is 608 g/mol.